The zero-order valence-corrected chi connectivity index (χ0v) is 14.2. The summed E-state index contributed by atoms with van der Waals surface area (Å²) in [6.45, 7) is 7.30. The summed E-state index contributed by atoms with van der Waals surface area (Å²) in [6, 6.07) is 12.7. The number of aromatic carboxylic acids is 1. The number of aromatic nitrogens is 1. The molecule has 0 aliphatic heterocycles. The van der Waals surface area contributed by atoms with Crippen LogP contribution in [0, 0.1) is 5.41 Å². The van der Waals surface area contributed by atoms with Gasteiger partial charge >= 0.3 is 5.97 Å². The van der Waals surface area contributed by atoms with E-state index in [1.54, 1.807) is 4.90 Å². The Balaban J connectivity index is 2.24. The van der Waals surface area contributed by atoms with Crippen LogP contribution >= 0.6 is 0 Å². The van der Waals surface area contributed by atoms with Gasteiger partial charge in [0.05, 0.1) is 5.56 Å². The van der Waals surface area contributed by atoms with Crippen LogP contribution in [0.4, 0.5) is 0 Å². The molecule has 5 heteroatoms. The second-order valence-corrected chi connectivity index (χ2v) is 6.94. The van der Waals surface area contributed by atoms with Crippen molar-refractivity contribution in [3.05, 3.63) is 65.5 Å². The van der Waals surface area contributed by atoms with E-state index in [0.717, 1.165) is 5.56 Å². The lowest BCUT2D eigenvalue weighted by Crippen LogP contribution is -2.37. The molecule has 0 aliphatic carbocycles. The lowest BCUT2D eigenvalue weighted by molar-refractivity contribution is 0.0670. The van der Waals surface area contributed by atoms with Gasteiger partial charge in [0.25, 0.3) is 5.91 Å². The van der Waals surface area contributed by atoms with Gasteiger partial charge in [-0.05, 0) is 23.1 Å². The second-order valence-electron chi connectivity index (χ2n) is 6.94. The first kappa shape index (κ1) is 17.7. The van der Waals surface area contributed by atoms with Crippen LogP contribution in [0.25, 0.3) is 0 Å². The summed E-state index contributed by atoms with van der Waals surface area (Å²) in [5, 5.41) is 8.91. The fraction of sp³-hybridized carbons (Fsp3) is 0.316. The van der Waals surface area contributed by atoms with Gasteiger partial charge in [0.2, 0.25) is 0 Å². The lowest BCUT2D eigenvalue weighted by Gasteiger charge is -2.30. The molecule has 0 aliphatic rings. The molecular weight excluding hydrogens is 304 g/mol. The van der Waals surface area contributed by atoms with E-state index in [1.807, 2.05) is 30.3 Å². The molecule has 1 amide bonds. The number of nitrogens with zero attached hydrogens (tertiary/aromatic N) is 2. The number of carbonyl (C=O) groups is 2. The third kappa shape index (κ3) is 4.91. The van der Waals surface area contributed by atoms with Crippen molar-refractivity contribution < 1.29 is 14.7 Å². The average Bonchev–Trinajstić information content (AvgIpc) is 2.53. The third-order valence-corrected chi connectivity index (χ3v) is 3.40. The summed E-state index contributed by atoms with van der Waals surface area (Å²) in [4.78, 5) is 29.3. The number of hydrogen-bond acceptors (Lipinski definition) is 3. The fourth-order valence-electron chi connectivity index (χ4n) is 2.41. The zero-order chi connectivity index (χ0) is 17.7. The van der Waals surface area contributed by atoms with E-state index in [4.69, 9.17) is 5.11 Å². The van der Waals surface area contributed by atoms with Gasteiger partial charge in [-0.15, -0.1) is 0 Å². The molecule has 0 bridgehead atoms. The number of carbonyl (C=O) groups excluding carboxylic acids is 1. The first-order chi connectivity index (χ1) is 11.3. The van der Waals surface area contributed by atoms with Gasteiger partial charge < -0.3 is 10.0 Å². The van der Waals surface area contributed by atoms with E-state index in [2.05, 4.69) is 25.8 Å². The van der Waals surface area contributed by atoms with Gasteiger partial charge in [-0.25, -0.2) is 9.78 Å². The smallest absolute Gasteiger partial charge is 0.354 e. The van der Waals surface area contributed by atoms with E-state index in [9.17, 15) is 9.59 Å². The van der Waals surface area contributed by atoms with Crippen LogP contribution in [-0.4, -0.2) is 33.4 Å². The van der Waals surface area contributed by atoms with E-state index in [1.165, 1.54) is 18.3 Å². The molecular formula is C19H22N2O3. The Morgan fingerprint density at radius 1 is 1.08 bits per heavy atom. The van der Waals surface area contributed by atoms with Crippen molar-refractivity contribution in [1.82, 2.24) is 9.88 Å². The zero-order valence-electron chi connectivity index (χ0n) is 14.2. The Morgan fingerprint density at radius 2 is 1.75 bits per heavy atom. The monoisotopic (exact) mass is 326 g/mol. The molecule has 0 saturated carbocycles. The number of amides is 1. The standard InChI is InChI=1S/C19H22N2O3/c1-19(2,3)13-21(12-14-7-5-4-6-8-14)17(22)15-9-10-16(18(23)24)20-11-15/h4-11H,12-13H2,1-3H3,(H,23,24). The molecule has 0 unspecified atom stereocenters. The number of carboxylic acid groups (broad SMARTS) is 1. The maximum atomic E-state index is 12.8. The average molecular weight is 326 g/mol. The summed E-state index contributed by atoms with van der Waals surface area (Å²) in [6.07, 6.45) is 1.33. The van der Waals surface area contributed by atoms with Crippen molar-refractivity contribution in [2.24, 2.45) is 5.41 Å². The number of carboxylic acids is 1. The number of rotatable bonds is 5. The summed E-state index contributed by atoms with van der Waals surface area (Å²) >= 11 is 0. The molecule has 1 heterocycles. The maximum absolute atomic E-state index is 12.8. The quantitative estimate of drug-likeness (QED) is 0.913. The number of hydrogen-bond donors (Lipinski definition) is 1. The molecule has 5 nitrogen and oxygen atoms in total. The second kappa shape index (κ2) is 7.25. The van der Waals surface area contributed by atoms with Crippen LogP contribution in [0.3, 0.4) is 0 Å². The van der Waals surface area contributed by atoms with Gasteiger partial charge in [-0.1, -0.05) is 51.1 Å². The summed E-state index contributed by atoms with van der Waals surface area (Å²) in [5.41, 5.74) is 1.31. The minimum absolute atomic E-state index is 0.0567. The molecule has 0 atom stereocenters. The highest BCUT2D eigenvalue weighted by molar-refractivity contribution is 5.94. The predicted octanol–water partition coefficient (Wildman–Crippen LogP) is 3.47. The lowest BCUT2D eigenvalue weighted by atomic mass is 9.95. The molecule has 1 aromatic heterocycles. The summed E-state index contributed by atoms with van der Waals surface area (Å²) in [5.74, 6) is -1.26. The topological polar surface area (TPSA) is 70.5 Å². The molecule has 24 heavy (non-hydrogen) atoms. The van der Waals surface area contributed by atoms with E-state index < -0.39 is 5.97 Å². The fourth-order valence-corrected chi connectivity index (χ4v) is 2.41. The Labute approximate surface area is 142 Å². The van der Waals surface area contributed by atoms with Crippen LogP contribution in [0.15, 0.2) is 48.7 Å². The van der Waals surface area contributed by atoms with Crippen molar-refractivity contribution in [3.8, 4) is 0 Å². The molecule has 0 fully saturated rings. The highest BCUT2D eigenvalue weighted by Crippen LogP contribution is 2.19. The van der Waals surface area contributed by atoms with Crippen LogP contribution in [0.2, 0.25) is 0 Å². The molecule has 2 rings (SSSR count). The molecule has 126 valence electrons. The van der Waals surface area contributed by atoms with Crippen molar-refractivity contribution in [3.63, 3.8) is 0 Å². The van der Waals surface area contributed by atoms with Gasteiger partial charge in [-0.2, -0.15) is 0 Å². The highest BCUT2D eigenvalue weighted by Gasteiger charge is 2.23. The Bertz CT molecular complexity index is 704. The Kier molecular flexibility index (Phi) is 5.34. The van der Waals surface area contributed by atoms with Crippen LogP contribution < -0.4 is 0 Å². The van der Waals surface area contributed by atoms with Gasteiger partial charge in [0, 0.05) is 19.3 Å². The van der Waals surface area contributed by atoms with Crippen molar-refractivity contribution in [1.29, 1.82) is 0 Å². The first-order valence-electron chi connectivity index (χ1n) is 7.79. The van der Waals surface area contributed by atoms with Crippen molar-refractivity contribution in [2.45, 2.75) is 27.3 Å². The van der Waals surface area contributed by atoms with E-state index in [0.29, 0.717) is 18.7 Å². The van der Waals surface area contributed by atoms with Gasteiger partial charge in [0.1, 0.15) is 5.69 Å². The Morgan fingerprint density at radius 3 is 2.25 bits per heavy atom. The third-order valence-electron chi connectivity index (χ3n) is 3.40. The normalized spacial score (nSPS) is 11.1. The number of pyridine rings is 1. The minimum Gasteiger partial charge on any atom is -0.477 e. The van der Waals surface area contributed by atoms with Crippen LogP contribution in [0.1, 0.15) is 47.2 Å². The molecule has 1 aromatic carbocycles. The molecule has 0 radical (unpaired) electrons. The van der Waals surface area contributed by atoms with E-state index in [-0.39, 0.29) is 17.0 Å². The molecule has 0 spiro atoms. The molecule has 1 N–H and O–H groups in total. The van der Waals surface area contributed by atoms with Crippen molar-refractivity contribution >= 4 is 11.9 Å². The predicted molar refractivity (Wildman–Crippen MR) is 91.8 cm³/mol. The largest absolute Gasteiger partial charge is 0.477 e. The molecule has 2 aromatic rings. The SMILES string of the molecule is CC(C)(C)CN(Cc1ccccc1)C(=O)c1ccc(C(=O)O)nc1. The first-order valence-corrected chi connectivity index (χ1v) is 7.79. The highest BCUT2D eigenvalue weighted by atomic mass is 16.4. The van der Waals surface area contributed by atoms with Gasteiger partial charge in [-0.3, -0.25) is 4.79 Å². The summed E-state index contributed by atoms with van der Waals surface area (Å²) in [7, 11) is 0. The van der Waals surface area contributed by atoms with Crippen LogP contribution in [-0.2, 0) is 6.54 Å². The summed E-state index contributed by atoms with van der Waals surface area (Å²) < 4.78 is 0. The van der Waals surface area contributed by atoms with Crippen molar-refractivity contribution in [2.75, 3.05) is 6.54 Å². The Hall–Kier alpha value is -2.69. The minimum atomic E-state index is -1.11. The van der Waals surface area contributed by atoms with Crippen LogP contribution in [0.5, 0.6) is 0 Å². The number of benzene rings is 1. The maximum Gasteiger partial charge on any atom is 0.354 e. The molecule has 0 saturated heterocycles. The van der Waals surface area contributed by atoms with E-state index >= 15 is 0 Å². The van der Waals surface area contributed by atoms with Gasteiger partial charge in [0.15, 0.2) is 0 Å².